The molecule has 0 radical (unpaired) electrons. The number of allylic oxidation sites excluding steroid dienone is 4. The summed E-state index contributed by atoms with van der Waals surface area (Å²) in [5.41, 5.74) is 3.72. The van der Waals surface area contributed by atoms with Crippen molar-refractivity contribution in [1.29, 1.82) is 0 Å². The van der Waals surface area contributed by atoms with Crippen molar-refractivity contribution in [3.05, 3.63) is 77.9 Å². The summed E-state index contributed by atoms with van der Waals surface area (Å²) in [5.74, 6) is -1.10. The summed E-state index contributed by atoms with van der Waals surface area (Å²) in [7, 11) is 0. The first-order valence-electron chi connectivity index (χ1n) is 8.82. The Morgan fingerprint density at radius 3 is 2.54 bits per heavy atom. The smallest absolute Gasteiger partial charge is 0.303 e. The SMILES string of the molecule is CCC=C(C=C(c1ccccc1)C(C)CCC(=O)O)c1ccc(F)cn1. The van der Waals surface area contributed by atoms with Crippen LogP contribution in [0.5, 0.6) is 0 Å². The maximum atomic E-state index is 13.2. The van der Waals surface area contributed by atoms with E-state index in [-0.39, 0.29) is 18.2 Å². The summed E-state index contributed by atoms with van der Waals surface area (Å²) in [4.78, 5) is 15.2. The van der Waals surface area contributed by atoms with Gasteiger partial charge in [0.15, 0.2) is 0 Å². The van der Waals surface area contributed by atoms with E-state index in [2.05, 4.69) is 4.98 Å². The lowest BCUT2D eigenvalue weighted by Gasteiger charge is -2.17. The second-order valence-electron chi connectivity index (χ2n) is 6.23. The molecule has 1 aromatic carbocycles. The molecule has 1 heterocycles. The molecule has 1 N–H and O–H groups in total. The molecule has 0 spiro atoms. The maximum Gasteiger partial charge on any atom is 0.303 e. The summed E-state index contributed by atoms with van der Waals surface area (Å²) in [6.45, 7) is 4.07. The number of hydrogen-bond acceptors (Lipinski definition) is 2. The molecule has 0 amide bonds. The molecule has 4 heteroatoms. The maximum absolute atomic E-state index is 13.2. The van der Waals surface area contributed by atoms with E-state index in [0.717, 1.165) is 23.1 Å². The molecule has 3 nitrogen and oxygen atoms in total. The highest BCUT2D eigenvalue weighted by molar-refractivity contribution is 5.83. The van der Waals surface area contributed by atoms with Crippen molar-refractivity contribution in [3.63, 3.8) is 0 Å². The average Bonchev–Trinajstić information content (AvgIpc) is 2.64. The highest BCUT2D eigenvalue weighted by atomic mass is 19.1. The van der Waals surface area contributed by atoms with Gasteiger partial charge >= 0.3 is 5.97 Å². The molecule has 0 fully saturated rings. The van der Waals surface area contributed by atoms with E-state index in [4.69, 9.17) is 5.11 Å². The second-order valence-corrected chi connectivity index (χ2v) is 6.23. The molecule has 136 valence electrons. The zero-order valence-electron chi connectivity index (χ0n) is 15.2. The number of carboxylic acid groups (broad SMARTS) is 1. The van der Waals surface area contributed by atoms with Gasteiger partial charge in [-0.1, -0.05) is 50.3 Å². The number of carboxylic acids is 1. The average molecular weight is 353 g/mol. The number of aromatic nitrogens is 1. The second kappa shape index (κ2) is 9.66. The lowest BCUT2D eigenvalue weighted by atomic mass is 9.88. The number of benzene rings is 1. The largest absolute Gasteiger partial charge is 0.481 e. The van der Waals surface area contributed by atoms with Gasteiger partial charge in [0.25, 0.3) is 0 Å². The van der Waals surface area contributed by atoms with Crippen LogP contribution in [0.25, 0.3) is 11.1 Å². The number of rotatable bonds is 8. The molecule has 2 aromatic rings. The number of hydrogen-bond donors (Lipinski definition) is 1. The Morgan fingerprint density at radius 1 is 1.23 bits per heavy atom. The van der Waals surface area contributed by atoms with Crippen molar-refractivity contribution in [3.8, 4) is 0 Å². The molecule has 0 saturated heterocycles. The molecule has 1 aromatic heterocycles. The summed E-state index contributed by atoms with van der Waals surface area (Å²) in [5, 5.41) is 9.01. The first kappa shape index (κ1) is 19.6. The molecule has 1 unspecified atom stereocenters. The zero-order valence-corrected chi connectivity index (χ0v) is 15.2. The monoisotopic (exact) mass is 353 g/mol. The van der Waals surface area contributed by atoms with Crippen LogP contribution in [0.2, 0.25) is 0 Å². The summed E-state index contributed by atoms with van der Waals surface area (Å²) < 4.78 is 13.2. The molecular weight excluding hydrogens is 329 g/mol. The van der Waals surface area contributed by atoms with Gasteiger partial charge in [0, 0.05) is 6.42 Å². The Balaban J connectivity index is 2.45. The van der Waals surface area contributed by atoms with Crippen molar-refractivity contribution < 1.29 is 14.3 Å². The first-order chi connectivity index (χ1) is 12.5. The number of halogens is 1. The van der Waals surface area contributed by atoms with Crippen LogP contribution in [0.3, 0.4) is 0 Å². The first-order valence-corrected chi connectivity index (χ1v) is 8.82. The van der Waals surface area contributed by atoms with Gasteiger partial charge in [-0.3, -0.25) is 9.78 Å². The minimum absolute atomic E-state index is 0.0641. The third-order valence-electron chi connectivity index (χ3n) is 4.19. The lowest BCUT2D eigenvalue weighted by molar-refractivity contribution is -0.137. The van der Waals surface area contributed by atoms with Crippen LogP contribution in [-0.4, -0.2) is 16.1 Å². The van der Waals surface area contributed by atoms with Crippen LogP contribution in [0.15, 0.2) is 60.8 Å². The van der Waals surface area contributed by atoms with Crippen molar-refractivity contribution in [2.45, 2.75) is 33.1 Å². The molecule has 1 atom stereocenters. The van der Waals surface area contributed by atoms with Gasteiger partial charge in [0.2, 0.25) is 0 Å². The van der Waals surface area contributed by atoms with Gasteiger partial charge in [0.1, 0.15) is 5.82 Å². The Bertz CT molecular complexity index is 780. The Morgan fingerprint density at radius 2 is 1.96 bits per heavy atom. The number of pyridine rings is 1. The molecule has 0 bridgehead atoms. The Hall–Kier alpha value is -2.75. The van der Waals surface area contributed by atoms with Crippen LogP contribution >= 0.6 is 0 Å². The van der Waals surface area contributed by atoms with Gasteiger partial charge in [-0.05, 0) is 53.7 Å². The van der Waals surface area contributed by atoms with Gasteiger partial charge in [-0.25, -0.2) is 4.39 Å². The molecule has 0 aliphatic carbocycles. The standard InChI is InChI=1S/C22H24FNO2/c1-3-7-18(21-12-11-19(23)15-24-21)14-20(16(2)10-13-22(25)26)17-8-5-4-6-9-17/h4-9,11-12,14-16H,3,10,13H2,1-2H3,(H,25,26). The predicted octanol–water partition coefficient (Wildman–Crippen LogP) is 5.60. The van der Waals surface area contributed by atoms with Crippen LogP contribution in [-0.2, 0) is 4.79 Å². The summed E-state index contributed by atoms with van der Waals surface area (Å²) in [6.07, 6.45) is 6.79. The van der Waals surface area contributed by atoms with Crippen LogP contribution < -0.4 is 0 Å². The van der Waals surface area contributed by atoms with Gasteiger partial charge in [-0.15, -0.1) is 0 Å². The van der Waals surface area contributed by atoms with Crippen LogP contribution in [0.4, 0.5) is 4.39 Å². The zero-order chi connectivity index (χ0) is 18.9. The molecule has 2 rings (SSSR count). The van der Waals surface area contributed by atoms with E-state index in [1.807, 2.05) is 56.3 Å². The van der Waals surface area contributed by atoms with Crippen molar-refractivity contribution in [1.82, 2.24) is 4.98 Å². The van der Waals surface area contributed by atoms with Crippen LogP contribution in [0, 0.1) is 11.7 Å². The molecule has 0 saturated carbocycles. The van der Waals surface area contributed by atoms with E-state index in [1.165, 1.54) is 12.3 Å². The number of aliphatic carboxylic acids is 1. The van der Waals surface area contributed by atoms with E-state index in [0.29, 0.717) is 12.1 Å². The van der Waals surface area contributed by atoms with Gasteiger partial charge in [0.05, 0.1) is 11.9 Å². The van der Waals surface area contributed by atoms with E-state index >= 15 is 0 Å². The minimum Gasteiger partial charge on any atom is -0.481 e. The Labute approximate surface area is 153 Å². The normalized spacial score (nSPS) is 13.5. The fourth-order valence-corrected chi connectivity index (χ4v) is 2.81. The van der Waals surface area contributed by atoms with E-state index in [9.17, 15) is 9.18 Å². The van der Waals surface area contributed by atoms with E-state index < -0.39 is 5.97 Å². The molecule has 0 aliphatic rings. The van der Waals surface area contributed by atoms with Crippen LogP contribution in [0.1, 0.15) is 44.4 Å². The quantitative estimate of drug-likeness (QED) is 0.629. The van der Waals surface area contributed by atoms with Crippen molar-refractivity contribution in [2.24, 2.45) is 5.92 Å². The fraction of sp³-hybridized carbons (Fsp3) is 0.273. The fourth-order valence-electron chi connectivity index (χ4n) is 2.81. The van der Waals surface area contributed by atoms with Gasteiger partial charge < -0.3 is 5.11 Å². The van der Waals surface area contributed by atoms with Crippen molar-refractivity contribution in [2.75, 3.05) is 0 Å². The third-order valence-corrected chi connectivity index (χ3v) is 4.19. The lowest BCUT2D eigenvalue weighted by Crippen LogP contribution is -2.04. The third kappa shape index (κ3) is 5.66. The minimum atomic E-state index is -0.797. The van der Waals surface area contributed by atoms with Crippen molar-refractivity contribution >= 4 is 17.1 Å². The molecular formula is C22H24FNO2. The Kier molecular flexibility index (Phi) is 7.27. The summed E-state index contributed by atoms with van der Waals surface area (Å²) in [6, 6.07) is 13.0. The predicted molar refractivity (Wildman–Crippen MR) is 103 cm³/mol. The number of carbonyl (C=O) groups is 1. The van der Waals surface area contributed by atoms with E-state index in [1.54, 1.807) is 6.07 Å². The highest BCUT2D eigenvalue weighted by Gasteiger charge is 2.14. The van der Waals surface area contributed by atoms with Gasteiger partial charge in [-0.2, -0.15) is 0 Å². The topological polar surface area (TPSA) is 50.2 Å². The molecule has 0 aliphatic heterocycles. The summed E-state index contributed by atoms with van der Waals surface area (Å²) >= 11 is 0. The molecule has 26 heavy (non-hydrogen) atoms. The number of nitrogens with zero attached hydrogens (tertiary/aromatic N) is 1. The highest BCUT2D eigenvalue weighted by Crippen LogP contribution is 2.30.